The van der Waals surface area contributed by atoms with Gasteiger partial charge in [0, 0.05) is 22.7 Å². The highest BCUT2D eigenvalue weighted by molar-refractivity contribution is 7.98. The number of hydrogen-bond donors (Lipinski definition) is 2. The van der Waals surface area contributed by atoms with E-state index in [-0.39, 0.29) is 18.2 Å². The van der Waals surface area contributed by atoms with E-state index in [0.717, 1.165) is 21.8 Å². The van der Waals surface area contributed by atoms with Gasteiger partial charge in [-0.3, -0.25) is 9.59 Å². The van der Waals surface area contributed by atoms with E-state index in [0.29, 0.717) is 0 Å². The summed E-state index contributed by atoms with van der Waals surface area (Å²) < 4.78 is 0. The first-order chi connectivity index (χ1) is 10.7. The number of nitrogens with one attached hydrogen (secondary N) is 2. The number of anilines is 2. The molecule has 0 fully saturated rings. The van der Waals surface area contributed by atoms with Gasteiger partial charge in [0.25, 0.3) is 0 Å². The van der Waals surface area contributed by atoms with Gasteiger partial charge in [-0.25, -0.2) is 0 Å². The lowest BCUT2D eigenvalue weighted by molar-refractivity contribution is -0.123. The summed E-state index contributed by atoms with van der Waals surface area (Å²) in [5.41, 5.74) is 2.32. The van der Waals surface area contributed by atoms with E-state index >= 15 is 0 Å². The molecule has 2 N–H and O–H groups in total. The van der Waals surface area contributed by atoms with E-state index in [4.69, 9.17) is 0 Å². The molecule has 0 radical (unpaired) electrons. The number of hydrogen-bond acceptors (Lipinski definition) is 3. The summed E-state index contributed by atoms with van der Waals surface area (Å²) in [5, 5.41) is 5.70. The Kier molecular flexibility index (Phi) is 4.15. The normalized spacial score (nSPS) is 16.6. The Morgan fingerprint density at radius 2 is 1.91 bits per heavy atom. The van der Waals surface area contributed by atoms with Crippen LogP contribution in [0.1, 0.15) is 17.9 Å². The minimum atomic E-state index is -0.454. The fraction of sp³-hybridized carbons (Fsp3) is 0.176. The van der Waals surface area contributed by atoms with Gasteiger partial charge in [-0.1, -0.05) is 18.2 Å². The summed E-state index contributed by atoms with van der Waals surface area (Å²) in [6.07, 6.45) is 2.18. The van der Waals surface area contributed by atoms with E-state index in [1.54, 1.807) is 11.8 Å². The van der Waals surface area contributed by atoms with Gasteiger partial charge in [-0.15, -0.1) is 11.8 Å². The average Bonchev–Trinajstić information content (AvgIpc) is 2.54. The van der Waals surface area contributed by atoms with Gasteiger partial charge in [0.2, 0.25) is 11.8 Å². The minimum absolute atomic E-state index is 0.128. The second-order valence-corrected chi connectivity index (χ2v) is 5.99. The lowest BCUT2D eigenvalue weighted by Crippen LogP contribution is -2.30. The van der Waals surface area contributed by atoms with Crippen molar-refractivity contribution >= 4 is 35.0 Å². The molecular weight excluding hydrogens is 296 g/mol. The Morgan fingerprint density at radius 1 is 1.18 bits per heavy atom. The van der Waals surface area contributed by atoms with E-state index in [1.165, 1.54) is 0 Å². The third kappa shape index (κ3) is 2.99. The Bertz CT molecular complexity index is 713. The van der Waals surface area contributed by atoms with Crippen molar-refractivity contribution < 1.29 is 9.59 Å². The Morgan fingerprint density at radius 3 is 2.64 bits per heavy atom. The van der Waals surface area contributed by atoms with E-state index in [9.17, 15) is 9.59 Å². The maximum Gasteiger partial charge on any atom is 0.232 e. The lowest BCUT2D eigenvalue weighted by atomic mass is 9.90. The molecule has 0 bridgehead atoms. The molecule has 112 valence electrons. The quantitative estimate of drug-likeness (QED) is 0.853. The van der Waals surface area contributed by atoms with Gasteiger partial charge < -0.3 is 10.6 Å². The molecule has 4 nitrogen and oxygen atoms in total. The Labute approximate surface area is 133 Å². The molecule has 0 unspecified atom stereocenters. The highest BCUT2D eigenvalue weighted by atomic mass is 32.2. The second kappa shape index (κ2) is 6.23. The van der Waals surface area contributed by atoms with Crippen LogP contribution in [-0.4, -0.2) is 18.1 Å². The number of fused-ring (bicyclic) bond motifs is 1. The minimum Gasteiger partial charge on any atom is -0.326 e. The zero-order chi connectivity index (χ0) is 15.5. The molecular formula is C17H16N2O2S. The summed E-state index contributed by atoms with van der Waals surface area (Å²) in [4.78, 5) is 25.5. The van der Waals surface area contributed by atoms with E-state index < -0.39 is 5.92 Å². The highest BCUT2D eigenvalue weighted by Crippen LogP contribution is 2.32. The zero-order valence-corrected chi connectivity index (χ0v) is 12.9. The SMILES string of the molecule is CSc1ccc(NC(=O)[C@@H]2CC(=O)Nc3ccccc32)cc1. The molecule has 2 amide bonds. The van der Waals surface area contributed by atoms with Crippen molar-refractivity contribution in [1.82, 2.24) is 0 Å². The van der Waals surface area contributed by atoms with Crippen LogP contribution in [0.25, 0.3) is 0 Å². The predicted molar refractivity (Wildman–Crippen MR) is 89.3 cm³/mol. The smallest absolute Gasteiger partial charge is 0.232 e. The fourth-order valence-electron chi connectivity index (χ4n) is 2.55. The molecule has 0 aliphatic carbocycles. The van der Waals surface area contributed by atoms with Gasteiger partial charge >= 0.3 is 0 Å². The summed E-state index contributed by atoms with van der Waals surface area (Å²) in [6.45, 7) is 0. The fourth-order valence-corrected chi connectivity index (χ4v) is 2.96. The number of para-hydroxylation sites is 1. The van der Waals surface area contributed by atoms with Crippen LogP contribution in [0.15, 0.2) is 53.4 Å². The number of carbonyl (C=O) groups excluding carboxylic acids is 2. The topological polar surface area (TPSA) is 58.2 Å². The summed E-state index contributed by atoms with van der Waals surface area (Å²) in [6, 6.07) is 15.1. The molecule has 0 spiro atoms. The van der Waals surface area contributed by atoms with Crippen LogP contribution in [0.5, 0.6) is 0 Å². The average molecular weight is 312 g/mol. The van der Waals surface area contributed by atoms with Gasteiger partial charge in [-0.05, 0) is 42.2 Å². The van der Waals surface area contributed by atoms with Crippen molar-refractivity contribution in [2.24, 2.45) is 0 Å². The molecule has 1 heterocycles. The molecule has 22 heavy (non-hydrogen) atoms. The van der Waals surface area contributed by atoms with Crippen molar-refractivity contribution in [2.75, 3.05) is 16.9 Å². The number of rotatable bonds is 3. The zero-order valence-electron chi connectivity index (χ0n) is 12.1. The monoisotopic (exact) mass is 312 g/mol. The molecule has 5 heteroatoms. The van der Waals surface area contributed by atoms with Crippen molar-refractivity contribution in [3.8, 4) is 0 Å². The van der Waals surface area contributed by atoms with Crippen LogP contribution in [0.4, 0.5) is 11.4 Å². The van der Waals surface area contributed by atoms with Gasteiger partial charge in [-0.2, -0.15) is 0 Å². The Hall–Kier alpha value is -2.27. The number of amides is 2. The standard InChI is InChI=1S/C17H16N2O2S/c1-22-12-8-6-11(7-9-12)18-17(21)14-10-16(20)19-15-5-3-2-4-13(14)15/h2-9,14H,10H2,1H3,(H,18,21)(H,19,20)/t14-/m1/s1. The first kappa shape index (κ1) is 14.7. The third-order valence-electron chi connectivity index (χ3n) is 3.67. The molecule has 2 aromatic rings. The number of benzene rings is 2. The van der Waals surface area contributed by atoms with Crippen LogP contribution in [0.3, 0.4) is 0 Å². The third-order valence-corrected chi connectivity index (χ3v) is 4.42. The second-order valence-electron chi connectivity index (χ2n) is 5.11. The lowest BCUT2D eigenvalue weighted by Gasteiger charge is -2.24. The molecule has 1 aliphatic heterocycles. The van der Waals surface area contributed by atoms with Crippen LogP contribution in [0, 0.1) is 0 Å². The number of carbonyl (C=O) groups is 2. The molecule has 1 aliphatic rings. The van der Waals surface area contributed by atoms with E-state index in [2.05, 4.69) is 10.6 Å². The summed E-state index contributed by atoms with van der Waals surface area (Å²) in [7, 11) is 0. The van der Waals surface area contributed by atoms with Gasteiger partial charge in [0.1, 0.15) is 0 Å². The van der Waals surface area contributed by atoms with Gasteiger partial charge in [0.15, 0.2) is 0 Å². The van der Waals surface area contributed by atoms with Crippen molar-refractivity contribution in [3.63, 3.8) is 0 Å². The molecule has 1 atom stereocenters. The highest BCUT2D eigenvalue weighted by Gasteiger charge is 2.30. The number of thioether (sulfide) groups is 1. The Balaban J connectivity index is 1.81. The van der Waals surface area contributed by atoms with E-state index in [1.807, 2.05) is 54.8 Å². The van der Waals surface area contributed by atoms with Crippen molar-refractivity contribution in [3.05, 3.63) is 54.1 Å². The van der Waals surface area contributed by atoms with Crippen molar-refractivity contribution in [1.29, 1.82) is 0 Å². The van der Waals surface area contributed by atoms with Gasteiger partial charge in [0.05, 0.1) is 5.92 Å². The molecule has 0 aromatic heterocycles. The van der Waals surface area contributed by atoms with Crippen LogP contribution in [-0.2, 0) is 9.59 Å². The van der Waals surface area contributed by atoms with Crippen LogP contribution < -0.4 is 10.6 Å². The van der Waals surface area contributed by atoms with Crippen LogP contribution >= 0.6 is 11.8 Å². The molecule has 2 aromatic carbocycles. The molecule has 3 rings (SSSR count). The summed E-state index contributed by atoms with van der Waals surface area (Å²) >= 11 is 1.65. The maximum atomic E-state index is 12.5. The molecule has 0 saturated heterocycles. The largest absolute Gasteiger partial charge is 0.326 e. The predicted octanol–water partition coefficient (Wildman–Crippen LogP) is 3.47. The van der Waals surface area contributed by atoms with Crippen LogP contribution in [0.2, 0.25) is 0 Å². The molecule has 0 saturated carbocycles. The maximum absolute atomic E-state index is 12.5. The summed E-state index contributed by atoms with van der Waals surface area (Å²) in [5.74, 6) is -0.735. The van der Waals surface area contributed by atoms with Crippen molar-refractivity contribution in [2.45, 2.75) is 17.2 Å². The first-order valence-electron chi connectivity index (χ1n) is 7.01. The first-order valence-corrected chi connectivity index (χ1v) is 8.23.